The van der Waals surface area contributed by atoms with Gasteiger partial charge in [0.05, 0.1) is 13.0 Å². The minimum absolute atomic E-state index is 0.0328. The van der Waals surface area contributed by atoms with Gasteiger partial charge in [0.15, 0.2) is 0 Å². The topological polar surface area (TPSA) is 38.3 Å². The van der Waals surface area contributed by atoms with Crippen LogP contribution in [0.25, 0.3) is 0 Å². The molecule has 0 bridgehead atoms. The Morgan fingerprint density at radius 2 is 2.07 bits per heavy atom. The predicted molar refractivity (Wildman–Crippen MR) is 56.0 cm³/mol. The zero-order valence-corrected chi connectivity index (χ0v) is 9.59. The van der Waals surface area contributed by atoms with E-state index in [1.807, 2.05) is 0 Å². The predicted octanol–water partition coefficient (Wildman–Crippen LogP) is 1.57. The second-order valence-corrected chi connectivity index (χ2v) is 5.12. The molecular formula is C11H21NO2. The molecule has 0 aromatic rings. The summed E-state index contributed by atoms with van der Waals surface area (Å²) in [5.74, 6) is -0.154. The fraction of sp³-hybridized carbons (Fsp3) is 0.909. The number of nitrogens with one attached hydrogen (secondary N) is 1. The van der Waals surface area contributed by atoms with Gasteiger partial charge in [0.1, 0.15) is 0 Å². The van der Waals surface area contributed by atoms with Crippen LogP contribution in [0.3, 0.4) is 0 Å². The average Bonchev–Trinajstić information content (AvgIpc) is 2.85. The maximum Gasteiger partial charge on any atom is 0.310 e. The maximum atomic E-state index is 11.5. The Kier molecular flexibility index (Phi) is 3.53. The number of ether oxygens (including phenoxy) is 1. The number of esters is 1. The summed E-state index contributed by atoms with van der Waals surface area (Å²) in [7, 11) is 1.46. The summed E-state index contributed by atoms with van der Waals surface area (Å²) in [6, 6.07) is 0.643. The van der Waals surface area contributed by atoms with Gasteiger partial charge in [0.2, 0.25) is 0 Å². The van der Waals surface area contributed by atoms with Gasteiger partial charge in [-0.3, -0.25) is 4.79 Å². The van der Waals surface area contributed by atoms with Gasteiger partial charge >= 0.3 is 5.97 Å². The van der Waals surface area contributed by atoms with Crippen LogP contribution in [0.1, 0.15) is 33.6 Å². The third-order valence-corrected chi connectivity index (χ3v) is 2.72. The van der Waals surface area contributed by atoms with Crippen LogP contribution in [0, 0.1) is 11.3 Å². The van der Waals surface area contributed by atoms with E-state index in [1.54, 1.807) is 0 Å². The van der Waals surface area contributed by atoms with Gasteiger partial charge in [-0.05, 0) is 18.3 Å². The van der Waals surface area contributed by atoms with Crippen LogP contribution >= 0.6 is 0 Å². The summed E-state index contributed by atoms with van der Waals surface area (Å²) >= 11 is 0. The molecule has 1 atom stereocenters. The van der Waals surface area contributed by atoms with Gasteiger partial charge in [-0.15, -0.1) is 0 Å². The van der Waals surface area contributed by atoms with E-state index in [-0.39, 0.29) is 17.3 Å². The third kappa shape index (κ3) is 3.29. The second kappa shape index (κ2) is 4.30. The Bertz CT molecular complexity index is 204. The molecule has 3 heteroatoms. The van der Waals surface area contributed by atoms with Gasteiger partial charge in [0, 0.05) is 12.6 Å². The first-order valence-electron chi connectivity index (χ1n) is 5.26. The van der Waals surface area contributed by atoms with Crippen LogP contribution in [-0.2, 0) is 9.53 Å². The Labute approximate surface area is 86.2 Å². The molecule has 0 heterocycles. The lowest BCUT2D eigenvalue weighted by Gasteiger charge is -2.28. The Morgan fingerprint density at radius 1 is 1.50 bits per heavy atom. The van der Waals surface area contributed by atoms with Crippen molar-refractivity contribution in [2.75, 3.05) is 13.7 Å². The Hall–Kier alpha value is -0.570. The molecule has 1 N–H and O–H groups in total. The molecule has 1 rings (SSSR count). The fourth-order valence-electron chi connectivity index (χ4n) is 1.46. The molecule has 82 valence electrons. The highest BCUT2D eigenvalue weighted by molar-refractivity contribution is 5.73. The van der Waals surface area contributed by atoms with Gasteiger partial charge in [0.25, 0.3) is 0 Å². The van der Waals surface area contributed by atoms with Gasteiger partial charge in [-0.25, -0.2) is 0 Å². The molecule has 0 amide bonds. The van der Waals surface area contributed by atoms with E-state index in [2.05, 4.69) is 26.1 Å². The minimum Gasteiger partial charge on any atom is -0.469 e. The standard InChI is InChI=1S/C11H21NO2/c1-11(2,3)9(10(13)14-4)7-12-8-5-6-8/h8-9,12H,5-7H2,1-4H3. The fourth-order valence-corrected chi connectivity index (χ4v) is 1.46. The van der Waals surface area contributed by atoms with Crippen molar-refractivity contribution in [3.8, 4) is 0 Å². The molecule has 1 saturated carbocycles. The van der Waals surface area contributed by atoms with Crippen molar-refractivity contribution in [3.63, 3.8) is 0 Å². The third-order valence-electron chi connectivity index (χ3n) is 2.72. The first-order valence-corrected chi connectivity index (χ1v) is 5.26. The number of hydrogen-bond donors (Lipinski definition) is 1. The molecule has 1 aliphatic carbocycles. The van der Waals surface area contributed by atoms with Gasteiger partial charge < -0.3 is 10.1 Å². The lowest BCUT2D eigenvalue weighted by atomic mass is 9.80. The molecule has 0 aliphatic heterocycles. The van der Waals surface area contributed by atoms with Crippen LogP contribution < -0.4 is 5.32 Å². The minimum atomic E-state index is -0.106. The van der Waals surface area contributed by atoms with E-state index >= 15 is 0 Å². The molecule has 0 aromatic heterocycles. The van der Waals surface area contributed by atoms with E-state index in [0.717, 1.165) is 6.54 Å². The lowest BCUT2D eigenvalue weighted by Crippen LogP contribution is -2.38. The van der Waals surface area contributed by atoms with E-state index < -0.39 is 0 Å². The molecule has 1 unspecified atom stereocenters. The van der Waals surface area contributed by atoms with Crippen molar-refractivity contribution in [2.24, 2.45) is 11.3 Å². The highest BCUT2D eigenvalue weighted by Gasteiger charge is 2.33. The zero-order valence-electron chi connectivity index (χ0n) is 9.59. The second-order valence-electron chi connectivity index (χ2n) is 5.12. The molecule has 0 saturated heterocycles. The summed E-state index contributed by atoms with van der Waals surface area (Å²) in [6.07, 6.45) is 2.50. The number of carbonyl (C=O) groups excluding carboxylic acids is 1. The first-order chi connectivity index (χ1) is 6.45. The monoisotopic (exact) mass is 199 g/mol. The Morgan fingerprint density at radius 3 is 2.43 bits per heavy atom. The van der Waals surface area contributed by atoms with Crippen molar-refractivity contribution in [3.05, 3.63) is 0 Å². The van der Waals surface area contributed by atoms with E-state index in [9.17, 15) is 4.79 Å². The van der Waals surface area contributed by atoms with Crippen LogP contribution in [0.4, 0.5) is 0 Å². The summed E-state index contributed by atoms with van der Waals surface area (Å²) in [4.78, 5) is 11.5. The molecule has 1 aliphatic rings. The van der Waals surface area contributed by atoms with Crippen LogP contribution in [0.15, 0.2) is 0 Å². The van der Waals surface area contributed by atoms with Gasteiger partial charge in [-0.2, -0.15) is 0 Å². The molecule has 3 nitrogen and oxygen atoms in total. The zero-order chi connectivity index (χ0) is 10.8. The van der Waals surface area contributed by atoms with Crippen molar-refractivity contribution >= 4 is 5.97 Å². The quantitative estimate of drug-likeness (QED) is 0.698. The summed E-state index contributed by atoms with van der Waals surface area (Å²) in [5, 5.41) is 3.38. The largest absolute Gasteiger partial charge is 0.469 e. The maximum absolute atomic E-state index is 11.5. The van der Waals surface area contributed by atoms with Crippen molar-refractivity contribution in [2.45, 2.75) is 39.7 Å². The number of rotatable bonds is 4. The normalized spacial score (nSPS) is 19.1. The molecule has 14 heavy (non-hydrogen) atoms. The summed E-state index contributed by atoms with van der Waals surface area (Å²) in [6.45, 7) is 6.95. The first kappa shape index (κ1) is 11.5. The number of carbonyl (C=O) groups is 1. The highest BCUT2D eigenvalue weighted by atomic mass is 16.5. The number of methoxy groups -OCH3 is 1. The van der Waals surface area contributed by atoms with Crippen molar-refractivity contribution < 1.29 is 9.53 Å². The van der Waals surface area contributed by atoms with Crippen LogP contribution in [-0.4, -0.2) is 25.7 Å². The molecule has 0 spiro atoms. The lowest BCUT2D eigenvalue weighted by molar-refractivity contribution is -0.149. The van der Waals surface area contributed by atoms with Crippen molar-refractivity contribution in [1.29, 1.82) is 0 Å². The van der Waals surface area contributed by atoms with Gasteiger partial charge in [-0.1, -0.05) is 20.8 Å². The van der Waals surface area contributed by atoms with E-state index in [1.165, 1.54) is 20.0 Å². The van der Waals surface area contributed by atoms with Crippen LogP contribution in [0.5, 0.6) is 0 Å². The SMILES string of the molecule is COC(=O)C(CNC1CC1)C(C)(C)C. The smallest absolute Gasteiger partial charge is 0.310 e. The molecule has 0 aromatic carbocycles. The van der Waals surface area contributed by atoms with Crippen molar-refractivity contribution in [1.82, 2.24) is 5.32 Å². The summed E-state index contributed by atoms with van der Waals surface area (Å²) < 4.78 is 4.81. The van der Waals surface area contributed by atoms with E-state index in [4.69, 9.17) is 4.74 Å². The Balaban J connectivity index is 2.46. The molecule has 0 radical (unpaired) electrons. The molecular weight excluding hydrogens is 178 g/mol. The molecule has 1 fully saturated rings. The summed E-state index contributed by atoms with van der Waals surface area (Å²) in [5.41, 5.74) is -0.0328. The number of hydrogen-bond acceptors (Lipinski definition) is 3. The van der Waals surface area contributed by atoms with E-state index in [0.29, 0.717) is 6.04 Å². The highest BCUT2D eigenvalue weighted by Crippen LogP contribution is 2.28. The average molecular weight is 199 g/mol. The van der Waals surface area contributed by atoms with Crippen LogP contribution in [0.2, 0.25) is 0 Å².